The van der Waals surface area contributed by atoms with Crippen LogP contribution in [-0.2, 0) is 6.42 Å². The first-order valence-electron chi connectivity index (χ1n) is 10.2. The first-order chi connectivity index (χ1) is 15.5. The molecular formula is C21H24N8O2S2. The van der Waals surface area contributed by atoms with Gasteiger partial charge in [-0.1, -0.05) is 0 Å². The first kappa shape index (κ1) is 23.1. The van der Waals surface area contributed by atoms with Crippen LogP contribution in [0.4, 0.5) is 0 Å². The van der Waals surface area contributed by atoms with E-state index in [1.54, 1.807) is 41.5 Å². The summed E-state index contributed by atoms with van der Waals surface area (Å²) >= 11 is 8.96. The zero-order valence-corrected chi connectivity index (χ0v) is 20.9. The fourth-order valence-electron chi connectivity index (χ4n) is 3.74. The van der Waals surface area contributed by atoms with Crippen LogP contribution in [-0.4, -0.2) is 39.5 Å². The van der Waals surface area contributed by atoms with Crippen molar-refractivity contribution in [3.05, 3.63) is 66.3 Å². The number of thiol groups is 2. The Kier molecular flexibility index (Phi) is 5.83. The van der Waals surface area contributed by atoms with Gasteiger partial charge in [0.25, 0.3) is 11.1 Å². The third-order valence-corrected chi connectivity index (χ3v) is 6.51. The lowest BCUT2D eigenvalue weighted by Crippen LogP contribution is -2.23. The minimum atomic E-state index is -0.296. The fourth-order valence-corrected chi connectivity index (χ4v) is 4.14. The molecule has 0 saturated heterocycles. The number of nitrogens with one attached hydrogen (secondary N) is 2. The summed E-state index contributed by atoms with van der Waals surface area (Å²) in [6, 6.07) is 0. The summed E-state index contributed by atoms with van der Waals surface area (Å²) in [5, 5.41) is 6.12. The van der Waals surface area contributed by atoms with E-state index in [1.807, 2.05) is 0 Å². The molecule has 4 heterocycles. The molecular weight excluding hydrogens is 460 g/mol. The van der Waals surface area contributed by atoms with Crippen molar-refractivity contribution in [3.63, 3.8) is 0 Å². The van der Waals surface area contributed by atoms with Crippen molar-refractivity contribution < 1.29 is 0 Å². The van der Waals surface area contributed by atoms with E-state index < -0.39 is 0 Å². The average molecular weight is 485 g/mol. The molecule has 0 spiro atoms. The van der Waals surface area contributed by atoms with Crippen molar-refractivity contribution >= 4 is 25.3 Å². The normalized spacial score (nSPS) is 11.4. The topological polar surface area (TPSA) is 127 Å². The molecule has 0 atom stereocenters. The number of hydrogen-bond donors (Lipinski definition) is 4. The third-order valence-electron chi connectivity index (χ3n) is 5.47. The van der Waals surface area contributed by atoms with E-state index in [-0.39, 0.29) is 17.5 Å². The summed E-state index contributed by atoms with van der Waals surface area (Å²) in [4.78, 5) is 44.9. The molecule has 33 heavy (non-hydrogen) atoms. The number of rotatable bonds is 4. The smallest absolute Gasteiger partial charge is 0.276 e. The number of nitrogens with zero attached hydrogens (tertiary/aromatic N) is 6. The summed E-state index contributed by atoms with van der Waals surface area (Å²) in [5.74, 6) is 1.81. The summed E-state index contributed by atoms with van der Waals surface area (Å²) in [5.41, 5.74) is 2.95. The van der Waals surface area contributed by atoms with Gasteiger partial charge in [-0.3, -0.25) is 19.8 Å². The molecule has 4 rings (SSSR count). The van der Waals surface area contributed by atoms with Crippen LogP contribution in [0.3, 0.4) is 0 Å². The molecule has 0 aliphatic carbocycles. The number of aromatic amines is 2. The average Bonchev–Trinajstić information content (AvgIpc) is 3.18. The van der Waals surface area contributed by atoms with Gasteiger partial charge in [0, 0.05) is 28.9 Å². The monoisotopic (exact) mass is 484 g/mol. The van der Waals surface area contributed by atoms with Gasteiger partial charge >= 0.3 is 0 Å². The minimum Gasteiger partial charge on any atom is -0.294 e. The molecule has 0 aliphatic rings. The maximum atomic E-state index is 13.3. The van der Waals surface area contributed by atoms with Gasteiger partial charge in [-0.25, -0.2) is 19.9 Å². The van der Waals surface area contributed by atoms with Crippen molar-refractivity contribution in [2.24, 2.45) is 0 Å². The van der Waals surface area contributed by atoms with Gasteiger partial charge < -0.3 is 0 Å². The van der Waals surface area contributed by atoms with Crippen LogP contribution < -0.4 is 11.1 Å². The van der Waals surface area contributed by atoms with Gasteiger partial charge in [0.1, 0.15) is 11.6 Å². The van der Waals surface area contributed by atoms with E-state index in [0.717, 1.165) is 0 Å². The van der Waals surface area contributed by atoms with E-state index in [2.05, 4.69) is 55.4 Å². The van der Waals surface area contributed by atoms with Crippen molar-refractivity contribution in [3.8, 4) is 11.6 Å². The Hall–Kier alpha value is -3.12. The SMILES string of the molecule is Cc1nc(C)c(S)c(-n2[nH]c(C)c(Cc3c(C)[nH]n(-c4nc(C)nc(C)c4S)c3=O)c2=O)n1. The molecule has 0 aromatic carbocycles. The van der Waals surface area contributed by atoms with E-state index in [4.69, 9.17) is 0 Å². The standard InChI is InChI=1S/C21H24N8O2S2/c1-8-14(20(30)28(26-8)18-16(32)10(3)22-12(5)24-18)7-15-9(2)27-29(21(15)31)19-17(33)11(4)23-13(6)25-19/h26-27,32-33H,7H2,1-6H3. The minimum absolute atomic E-state index is 0.137. The number of H-pyrrole nitrogens is 2. The molecule has 0 amide bonds. The molecule has 4 aromatic heterocycles. The molecule has 10 nitrogen and oxygen atoms in total. The zero-order chi connectivity index (χ0) is 24.2. The van der Waals surface area contributed by atoms with Gasteiger partial charge in [0.2, 0.25) is 0 Å². The first-order valence-corrected chi connectivity index (χ1v) is 11.1. The Bertz CT molecular complexity index is 1410. The quantitative estimate of drug-likeness (QED) is 0.329. The van der Waals surface area contributed by atoms with Gasteiger partial charge in [0.15, 0.2) is 11.6 Å². The molecule has 0 aliphatic heterocycles. The molecule has 12 heteroatoms. The fraction of sp³-hybridized carbons (Fsp3) is 0.333. The maximum Gasteiger partial charge on any atom is 0.276 e. The largest absolute Gasteiger partial charge is 0.294 e. The van der Waals surface area contributed by atoms with Crippen LogP contribution in [0, 0.1) is 41.5 Å². The van der Waals surface area contributed by atoms with E-state index in [1.165, 1.54) is 9.36 Å². The van der Waals surface area contributed by atoms with Gasteiger partial charge in [-0.2, -0.15) is 9.36 Å². The van der Waals surface area contributed by atoms with Crippen LogP contribution >= 0.6 is 25.3 Å². The van der Waals surface area contributed by atoms with Crippen molar-refractivity contribution in [2.45, 2.75) is 57.8 Å². The van der Waals surface area contributed by atoms with E-state index in [9.17, 15) is 9.59 Å². The Balaban J connectivity index is 1.82. The highest BCUT2D eigenvalue weighted by Gasteiger charge is 2.22. The molecule has 2 N–H and O–H groups in total. The van der Waals surface area contributed by atoms with Crippen molar-refractivity contribution in [2.75, 3.05) is 0 Å². The molecule has 0 fully saturated rings. The predicted octanol–water partition coefficient (Wildman–Crippen LogP) is 2.24. The molecule has 0 radical (unpaired) electrons. The molecule has 0 saturated carbocycles. The molecule has 0 unspecified atom stereocenters. The lowest BCUT2D eigenvalue weighted by molar-refractivity contribution is 0.762. The Morgan fingerprint density at radius 2 is 1.03 bits per heavy atom. The van der Waals surface area contributed by atoms with Crippen LogP contribution in [0.25, 0.3) is 11.6 Å². The summed E-state index contributed by atoms with van der Waals surface area (Å²) < 4.78 is 2.69. The molecule has 4 aromatic rings. The zero-order valence-electron chi connectivity index (χ0n) is 19.1. The molecule has 0 bridgehead atoms. The van der Waals surface area contributed by atoms with Crippen LogP contribution in [0.5, 0.6) is 0 Å². The Morgan fingerprint density at radius 3 is 1.39 bits per heavy atom. The summed E-state index contributed by atoms with van der Waals surface area (Å²) in [7, 11) is 0. The maximum absolute atomic E-state index is 13.3. The second-order valence-corrected chi connectivity index (χ2v) is 8.84. The Labute approximate surface area is 200 Å². The highest BCUT2D eigenvalue weighted by atomic mass is 32.1. The van der Waals surface area contributed by atoms with Crippen LogP contribution in [0.1, 0.15) is 45.6 Å². The van der Waals surface area contributed by atoms with Gasteiger partial charge in [-0.15, -0.1) is 25.3 Å². The third kappa shape index (κ3) is 3.93. The highest BCUT2D eigenvalue weighted by molar-refractivity contribution is 7.80. The summed E-state index contributed by atoms with van der Waals surface area (Å²) in [6.45, 7) is 10.7. The predicted molar refractivity (Wildman–Crippen MR) is 130 cm³/mol. The van der Waals surface area contributed by atoms with E-state index in [0.29, 0.717) is 67.0 Å². The van der Waals surface area contributed by atoms with Crippen LogP contribution in [0.15, 0.2) is 19.4 Å². The highest BCUT2D eigenvalue weighted by Crippen LogP contribution is 2.21. The lowest BCUT2D eigenvalue weighted by atomic mass is 10.1. The number of aryl methyl sites for hydroxylation is 6. The van der Waals surface area contributed by atoms with Gasteiger partial charge in [-0.05, 0) is 41.5 Å². The molecule has 172 valence electrons. The lowest BCUT2D eigenvalue weighted by Gasteiger charge is -2.07. The van der Waals surface area contributed by atoms with Gasteiger partial charge in [0.05, 0.1) is 21.2 Å². The number of aromatic nitrogens is 8. The number of hydrogen-bond acceptors (Lipinski definition) is 8. The van der Waals surface area contributed by atoms with Crippen molar-refractivity contribution in [1.29, 1.82) is 0 Å². The van der Waals surface area contributed by atoms with E-state index >= 15 is 0 Å². The van der Waals surface area contributed by atoms with Crippen molar-refractivity contribution in [1.82, 2.24) is 39.5 Å². The Morgan fingerprint density at radius 1 is 0.667 bits per heavy atom. The van der Waals surface area contributed by atoms with Crippen LogP contribution in [0.2, 0.25) is 0 Å². The second kappa shape index (κ2) is 8.34. The summed E-state index contributed by atoms with van der Waals surface area (Å²) in [6.07, 6.45) is 0.137. The second-order valence-electron chi connectivity index (χ2n) is 7.95.